The molecule has 6 heteroatoms. The predicted molar refractivity (Wildman–Crippen MR) is 75.0 cm³/mol. The summed E-state index contributed by atoms with van der Waals surface area (Å²) in [5.41, 5.74) is 1.15. The van der Waals surface area contributed by atoms with E-state index >= 15 is 0 Å². The van der Waals surface area contributed by atoms with Gasteiger partial charge >= 0.3 is 121 Å². The SMILES string of the molecule is CC(C)N1CN(CC2CC2)c2c([As])nc(Cl)nc21. The minimum atomic E-state index is 0.336. The van der Waals surface area contributed by atoms with Crippen molar-refractivity contribution in [1.82, 2.24) is 9.97 Å². The Morgan fingerprint density at radius 2 is 2.11 bits per heavy atom. The Kier molecular flexibility index (Phi) is 3.19. The van der Waals surface area contributed by atoms with Crippen molar-refractivity contribution < 1.29 is 0 Å². The molecule has 1 aromatic rings. The van der Waals surface area contributed by atoms with Crippen molar-refractivity contribution in [2.75, 3.05) is 23.0 Å². The number of hydrogen-bond donors (Lipinski definition) is 0. The van der Waals surface area contributed by atoms with Gasteiger partial charge in [-0.25, -0.2) is 0 Å². The second kappa shape index (κ2) is 4.57. The van der Waals surface area contributed by atoms with Crippen LogP contribution in [0.15, 0.2) is 0 Å². The summed E-state index contributed by atoms with van der Waals surface area (Å²) in [6.45, 7) is 6.39. The summed E-state index contributed by atoms with van der Waals surface area (Å²) in [4.78, 5) is 13.4. The maximum absolute atomic E-state index is 5.99. The third-order valence-electron chi connectivity index (χ3n) is 3.53. The standard InChI is InChI=1S/C12H16AsClN4/c1-7(2)18-6-17(5-8-3-4-8)9-10(13)15-12(14)16-11(9)18/h7-8H,3-6H2,1-2H3. The molecule has 1 aliphatic heterocycles. The van der Waals surface area contributed by atoms with Crippen LogP contribution in [-0.2, 0) is 0 Å². The van der Waals surface area contributed by atoms with E-state index in [4.69, 9.17) is 11.6 Å². The molecular formula is C12H16AsClN4. The summed E-state index contributed by atoms with van der Waals surface area (Å²) in [6, 6.07) is 0.422. The number of fused-ring (bicyclic) bond motifs is 1. The van der Waals surface area contributed by atoms with E-state index in [1.807, 2.05) is 0 Å². The Hall–Kier alpha value is -0.472. The summed E-state index contributed by atoms with van der Waals surface area (Å²) in [6.07, 6.45) is 2.71. The van der Waals surface area contributed by atoms with Crippen LogP contribution in [0.25, 0.3) is 0 Å². The van der Waals surface area contributed by atoms with Gasteiger partial charge in [0.1, 0.15) is 0 Å². The molecule has 2 heterocycles. The Morgan fingerprint density at radius 3 is 2.72 bits per heavy atom. The number of halogens is 1. The van der Waals surface area contributed by atoms with E-state index in [9.17, 15) is 0 Å². The fourth-order valence-corrected chi connectivity index (χ4v) is 3.38. The van der Waals surface area contributed by atoms with E-state index < -0.39 is 0 Å². The molecule has 2 radical (unpaired) electrons. The average Bonchev–Trinajstić information content (AvgIpc) is 2.99. The molecule has 0 spiro atoms. The van der Waals surface area contributed by atoms with Gasteiger partial charge in [-0.2, -0.15) is 0 Å². The van der Waals surface area contributed by atoms with Crippen LogP contribution in [0.5, 0.6) is 0 Å². The van der Waals surface area contributed by atoms with Crippen molar-refractivity contribution >= 4 is 44.4 Å². The first kappa shape index (κ1) is 12.6. The molecule has 0 unspecified atom stereocenters. The molecule has 3 rings (SSSR count). The summed E-state index contributed by atoms with van der Waals surface area (Å²) >= 11 is 8.51. The van der Waals surface area contributed by atoms with Crippen LogP contribution in [0.1, 0.15) is 26.7 Å². The third-order valence-corrected chi connectivity index (χ3v) is 4.35. The van der Waals surface area contributed by atoms with Gasteiger partial charge in [-0.05, 0) is 0 Å². The number of nitrogens with zero attached hydrogens (tertiary/aromatic N) is 4. The summed E-state index contributed by atoms with van der Waals surface area (Å²) in [7, 11) is 0. The molecule has 0 bridgehead atoms. The van der Waals surface area contributed by atoms with E-state index in [1.165, 1.54) is 12.8 Å². The monoisotopic (exact) mass is 326 g/mol. The van der Waals surface area contributed by atoms with Crippen molar-refractivity contribution in [2.24, 2.45) is 5.92 Å². The van der Waals surface area contributed by atoms with Gasteiger partial charge in [0.15, 0.2) is 0 Å². The fourth-order valence-electron chi connectivity index (χ4n) is 2.38. The molecule has 1 fully saturated rings. The van der Waals surface area contributed by atoms with E-state index in [1.54, 1.807) is 0 Å². The van der Waals surface area contributed by atoms with Gasteiger partial charge in [0.05, 0.1) is 0 Å². The van der Waals surface area contributed by atoms with Gasteiger partial charge in [0.25, 0.3) is 0 Å². The minimum absolute atomic E-state index is 0.336. The molecule has 0 atom stereocenters. The molecular weight excluding hydrogens is 311 g/mol. The van der Waals surface area contributed by atoms with Gasteiger partial charge in [-0.3, -0.25) is 0 Å². The van der Waals surface area contributed by atoms with E-state index in [-0.39, 0.29) is 0 Å². The number of rotatable bonds is 3. The van der Waals surface area contributed by atoms with Crippen molar-refractivity contribution in [3.05, 3.63) is 5.28 Å². The van der Waals surface area contributed by atoms with Gasteiger partial charge in [-0.1, -0.05) is 0 Å². The number of aromatic nitrogens is 2. The predicted octanol–water partition coefficient (Wildman–Crippen LogP) is 1.33. The molecule has 1 aliphatic carbocycles. The van der Waals surface area contributed by atoms with Crippen LogP contribution in [0.3, 0.4) is 0 Å². The average molecular weight is 327 g/mol. The molecule has 0 amide bonds. The fraction of sp³-hybridized carbons (Fsp3) is 0.667. The normalized spacial score (nSPS) is 18.7. The Bertz CT molecular complexity index is 475. The molecule has 18 heavy (non-hydrogen) atoms. The van der Waals surface area contributed by atoms with Crippen LogP contribution in [0.2, 0.25) is 5.28 Å². The maximum atomic E-state index is 5.99. The first-order chi connectivity index (χ1) is 8.56. The van der Waals surface area contributed by atoms with Gasteiger partial charge < -0.3 is 0 Å². The summed E-state index contributed by atoms with van der Waals surface area (Å²) in [5, 5.41) is 0.336. The molecule has 0 aromatic carbocycles. The Morgan fingerprint density at radius 1 is 1.39 bits per heavy atom. The van der Waals surface area contributed by atoms with Gasteiger partial charge in [0, 0.05) is 0 Å². The molecule has 96 valence electrons. The van der Waals surface area contributed by atoms with Crippen molar-refractivity contribution in [1.29, 1.82) is 0 Å². The quantitative estimate of drug-likeness (QED) is 0.619. The Balaban J connectivity index is 1.99. The number of hydrogen-bond acceptors (Lipinski definition) is 4. The van der Waals surface area contributed by atoms with Crippen LogP contribution in [0, 0.1) is 5.92 Å². The second-order valence-electron chi connectivity index (χ2n) is 5.36. The molecule has 0 saturated heterocycles. The van der Waals surface area contributed by atoms with E-state index in [0.29, 0.717) is 11.3 Å². The third kappa shape index (κ3) is 2.21. The van der Waals surface area contributed by atoms with Crippen LogP contribution in [-0.4, -0.2) is 46.1 Å². The first-order valence-electron chi connectivity index (χ1n) is 6.34. The van der Waals surface area contributed by atoms with Gasteiger partial charge in [0.2, 0.25) is 0 Å². The zero-order valence-corrected chi connectivity index (χ0v) is 13.2. The van der Waals surface area contributed by atoms with Crippen molar-refractivity contribution in [2.45, 2.75) is 32.7 Å². The van der Waals surface area contributed by atoms with Crippen LogP contribution < -0.4 is 14.3 Å². The van der Waals surface area contributed by atoms with E-state index in [2.05, 4.69) is 50.5 Å². The van der Waals surface area contributed by atoms with Crippen LogP contribution in [0.4, 0.5) is 11.5 Å². The Labute approximate surface area is 121 Å². The molecule has 0 N–H and O–H groups in total. The molecule has 4 nitrogen and oxygen atoms in total. The van der Waals surface area contributed by atoms with Crippen molar-refractivity contribution in [3.8, 4) is 0 Å². The van der Waals surface area contributed by atoms with Crippen molar-refractivity contribution in [3.63, 3.8) is 0 Å². The van der Waals surface area contributed by atoms with E-state index in [0.717, 1.165) is 35.1 Å². The summed E-state index contributed by atoms with van der Waals surface area (Å²) < 4.78 is 0.932. The molecule has 2 aliphatic rings. The van der Waals surface area contributed by atoms with Gasteiger partial charge in [-0.15, -0.1) is 0 Å². The molecule has 1 saturated carbocycles. The molecule has 1 aromatic heterocycles. The topological polar surface area (TPSA) is 32.3 Å². The zero-order valence-electron chi connectivity index (χ0n) is 10.6. The second-order valence-corrected chi connectivity index (χ2v) is 6.59. The first-order valence-corrected chi connectivity index (χ1v) is 7.66. The summed E-state index contributed by atoms with van der Waals surface area (Å²) in [5.74, 6) is 1.84. The van der Waals surface area contributed by atoms with Crippen LogP contribution >= 0.6 is 11.6 Å². The zero-order chi connectivity index (χ0) is 12.9. The number of anilines is 2.